The SMILES string of the molecule is CC1CN(C(=O)c2cnc(-c3nn(Cc4ccccc4F)c4c(F)cccc34)nc2N)C1. The van der Waals surface area contributed by atoms with E-state index in [1.54, 1.807) is 35.2 Å². The lowest BCUT2D eigenvalue weighted by molar-refractivity contribution is 0.0530. The van der Waals surface area contributed by atoms with E-state index in [1.165, 1.54) is 23.0 Å². The standard InChI is InChI=1S/C23H20F2N6O/c1-13-10-30(11-13)23(32)16-9-27-22(28-21(16)26)19-15-6-4-8-18(25)20(15)31(29-19)12-14-5-2-3-7-17(14)24/h2-9,13H,10-12H2,1H3,(H2,26,27,28). The molecule has 2 aromatic carbocycles. The Morgan fingerprint density at radius 2 is 1.88 bits per heavy atom. The van der Waals surface area contributed by atoms with Crippen molar-refractivity contribution in [1.29, 1.82) is 0 Å². The summed E-state index contributed by atoms with van der Waals surface area (Å²) in [5.41, 5.74) is 7.19. The minimum Gasteiger partial charge on any atom is -0.383 e. The van der Waals surface area contributed by atoms with Gasteiger partial charge in [-0.05, 0) is 18.1 Å². The van der Waals surface area contributed by atoms with E-state index in [0.29, 0.717) is 35.7 Å². The summed E-state index contributed by atoms with van der Waals surface area (Å²) in [6.45, 7) is 3.44. The number of rotatable bonds is 4. The molecule has 5 rings (SSSR count). The van der Waals surface area contributed by atoms with Crippen LogP contribution in [0.3, 0.4) is 0 Å². The number of halogens is 2. The number of hydrogen-bond acceptors (Lipinski definition) is 5. The molecule has 0 spiro atoms. The molecule has 162 valence electrons. The van der Waals surface area contributed by atoms with Crippen LogP contribution in [0.4, 0.5) is 14.6 Å². The van der Waals surface area contributed by atoms with Crippen LogP contribution in [0, 0.1) is 17.6 Å². The number of carbonyl (C=O) groups excluding carboxylic acids is 1. The Balaban J connectivity index is 1.56. The number of benzene rings is 2. The third-order valence-corrected chi connectivity index (χ3v) is 5.61. The molecule has 0 atom stereocenters. The molecule has 1 amide bonds. The molecule has 0 radical (unpaired) electrons. The summed E-state index contributed by atoms with van der Waals surface area (Å²) in [5, 5.41) is 4.95. The highest BCUT2D eigenvalue weighted by Crippen LogP contribution is 2.29. The zero-order valence-electron chi connectivity index (χ0n) is 17.3. The van der Waals surface area contributed by atoms with Crippen molar-refractivity contribution in [2.24, 2.45) is 5.92 Å². The highest BCUT2D eigenvalue weighted by atomic mass is 19.1. The van der Waals surface area contributed by atoms with Gasteiger partial charge in [0.15, 0.2) is 5.82 Å². The number of nitrogens with zero attached hydrogens (tertiary/aromatic N) is 5. The third-order valence-electron chi connectivity index (χ3n) is 5.61. The van der Waals surface area contributed by atoms with Gasteiger partial charge in [-0.2, -0.15) is 5.10 Å². The number of anilines is 1. The van der Waals surface area contributed by atoms with Crippen molar-refractivity contribution >= 4 is 22.6 Å². The molecule has 1 aliphatic rings. The van der Waals surface area contributed by atoms with Gasteiger partial charge < -0.3 is 10.6 Å². The molecule has 2 N–H and O–H groups in total. The molecular formula is C23H20F2N6O. The van der Waals surface area contributed by atoms with Crippen LogP contribution in [0.25, 0.3) is 22.4 Å². The van der Waals surface area contributed by atoms with Crippen LogP contribution in [-0.2, 0) is 6.54 Å². The predicted octanol–water partition coefficient (Wildman–Crippen LogP) is 3.49. The molecule has 0 saturated carbocycles. The highest BCUT2D eigenvalue weighted by Gasteiger charge is 2.30. The molecule has 3 heterocycles. The summed E-state index contributed by atoms with van der Waals surface area (Å²) in [7, 11) is 0. The zero-order valence-corrected chi connectivity index (χ0v) is 17.3. The summed E-state index contributed by atoms with van der Waals surface area (Å²) in [4.78, 5) is 22.9. The van der Waals surface area contributed by atoms with Crippen LogP contribution in [0.15, 0.2) is 48.7 Å². The topological polar surface area (TPSA) is 89.9 Å². The first kappa shape index (κ1) is 20.0. The lowest BCUT2D eigenvalue weighted by Gasteiger charge is -2.37. The maximum atomic E-state index is 14.7. The molecule has 1 aliphatic heterocycles. The van der Waals surface area contributed by atoms with Crippen LogP contribution < -0.4 is 5.73 Å². The molecule has 1 saturated heterocycles. The molecule has 0 unspecified atom stereocenters. The van der Waals surface area contributed by atoms with E-state index in [-0.39, 0.29) is 35.2 Å². The van der Waals surface area contributed by atoms with Crippen LogP contribution in [-0.4, -0.2) is 43.6 Å². The Bertz CT molecular complexity index is 1350. The number of para-hydroxylation sites is 1. The minimum absolute atomic E-state index is 0.0311. The van der Waals surface area contributed by atoms with Gasteiger partial charge in [-0.1, -0.05) is 37.3 Å². The van der Waals surface area contributed by atoms with Crippen molar-refractivity contribution < 1.29 is 13.6 Å². The van der Waals surface area contributed by atoms with Crippen molar-refractivity contribution in [2.45, 2.75) is 13.5 Å². The van der Waals surface area contributed by atoms with Gasteiger partial charge in [0.2, 0.25) is 0 Å². The highest BCUT2D eigenvalue weighted by molar-refractivity contribution is 5.99. The van der Waals surface area contributed by atoms with Crippen LogP contribution >= 0.6 is 0 Å². The van der Waals surface area contributed by atoms with Gasteiger partial charge in [0.05, 0.1) is 6.54 Å². The Labute approximate surface area is 182 Å². The second kappa shape index (κ2) is 7.67. The quantitative estimate of drug-likeness (QED) is 0.531. The van der Waals surface area contributed by atoms with Gasteiger partial charge in [0, 0.05) is 30.2 Å². The molecule has 0 aliphatic carbocycles. The van der Waals surface area contributed by atoms with Gasteiger partial charge in [0.25, 0.3) is 5.91 Å². The Hall–Kier alpha value is -3.88. The van der Waals surface area contributed by atoms with Crippen molar-refractivity contribution in [2.75, 3.05) is 18.8 Å². The van der Waals surface area contributed by atoms with Gasteiger partial charge in [-0.25, -0.2) is 18.7 Å². The molecular weight excluding hydrogens is 414 g/mol. The third kappa shape index (κ3) is 3.35. The second-order valence-electron chi connectivity index (χ2n) is 8.04. The molecule has 2 aromatic heterocycles. The van der Waals surface area contributed by atoms with E-state index in [1.807, 2.05) is 0 Å². The second-order valence-corrected chi connectivity index (χ2v) is 8.04. The largest absolute Gasteiger partial charge is 0.383 e. The first-order chi connectivity index (χ1) is 15.4. The van der Waals surface area contributed by atoms with Gasteiger partial charge in [-0.15, -0.1) is 0 Å². The summed E-state index contributed by atoms with van der Waals surface area (Å²) >= 11 is 0. The van der Waals surface area contributed by atoms with Crippen molar-refractivity contribution in [1.82, 2.24) is 24.6 Å². The molecule has 9 heteroatoms. The molecule has 4 aromatic rings. The fourth-order valence-corrected chi connectivity index (χ4v) is 3.97. The number of likely N-dealkylation sites (tertiary alicyclic amines) is 1. The summed E-state index contributed by atoms with van der Waals surface area (Å²) in [6, 6.07) is 10.8. The first-order valence-corrected chi connectivity index (χ1v) is 10.2. The van der Waals surface area contributed by atoms with Gasteiger partial charge in [-0.3, -0.25) is 9.48 Å². The number of carbonyl (C=O) groups is 1. The lowest BCUT2D eigenvalue weighted by Crippen LogP contribution is -2.48. The first-order valence-electron chi connectivity index (χ1n) is 10.2. The Morgan fingerprint density at radius 3 is 2.59 bits per heavy atom. The molecule has 7 nitrogen and oxygen atoms in total. The van der Waals surface area contributed by atoms with E-state index in [0.717, 1.165) is 0 Å². The number of aromatic nitrogens is 4. The van der Waals surface area contributed by atoms with Crippen molar-refractivity contribution in [3.8, 4) is 11.5 Å². The Morgan fingerprint density at radius 1 is 1.12 bits per heavy atom. The smallest absolute Gasteiger partial charge is 0.259 e. The van der Waals surface area contributed by atoms with E-state index < -0.39 is 11.6 Å². The van der Waals surface area contributed by atoms with Crippen molar-refractivity contribution in [3.05, 3.63) is 71.4 Å². The summed E-state index contributed by atoms with van der Waals surface area (Å²) in [5.74, 6) is -0.457. The molecule has 0 bridgehead atoms. The van der Waals surface area contributed by atoms with Crippen LogP contribution in [0.1, 0.15) is 22.8 Å². The molecule has 32 heavy (non-hydrogen) atoms. The van der Waals surface area contributed by atoms with Crippen molar-refractivity contribution in [3.63, 3.8) is 0 Å². The van der Waals surface area contributed by atoms with E-state index in [4.69, 9.17) is 5.73 Å². The average Bonchev–Trinajstić information content (AvgIpc) is 3.12. The number of nitrogen functional groups attached to an aromatic ring is 1. The maximum Gasteiger partial charge on any atom is 0.259 e. The number of nitrogens with two attached hydrogens (primary N) is 1. The average molecular weight is 434 g/mol. The van der Waals surface area contributed by atoms with Crippen LogP contribution in [0.5, 0.6) is 0 Å². The fraction of sp³-hybridized carbons (Fsp3) is 0.217. The normalized spacial score (nSPS) is 14.0. The summed E-state index contributed by atoms with van der Waals surface area (Å²) < 4.78 is 30.3. The maximum absolute atomic E-state index is 14.7. The zero-order chi connectivity index (χ0) is 22.4. The van der Waals surface area contributed by atoms with E-state index in [2.05, 4.69) is 22.0 Å². The van der Waals surface area contributed by atoms with E-state index >= 15 is 0 Å². The number of fused-ring (bicyclic) bond motifs is 1. The fourth-order valence-electron chi connectivity index (χ4n) is 3.97. The van der Waals surface area contributed by atoms with Gasteiger partial charge in [0.1, 0.15) is 34.2 Å². The predicted molar refractivity (Wildman–Crippen MR) is 116 cm³/mol. The number of hydrogen-bond donors (Lipinski definition) is 1. The summed E-state index contributed by atoms with van der Waals surface area (Å²) in [6.07, 6.45) is 1.38. The van der Waals surface area contributed by atoms with Crippen LogP contribution in [0.2, 0.25) is 0 Å². The minimum atomic E-state index is -0.496. The number of amides is 1. The lowest BCUT2D eigenvalue weighted by atomic mass is 10.0. The van der Waals surface area contributed by atoms with E-state index in [9.17, 15) is 13.6 Å². The molecule has 1 fully saturated rings. The van der Waals surface area contributed by atoms with Gasteiger partial charge >= 0.3 is 0 Å². The monoisotopic (exact) mass is 434 g/mol. The Kier molecular flexibility index (Phi) is 4.80.